The van der Waals surface area contributed by atoms with Crippen molar-refractivity contribution < 1.29 is 9.47 Å². The molecule has 0 heterocycles. The van der Waals surface area contributed by atoms with Gasteiger partial charge >= 0.3 is 0 Å². The summed E-state index contributed by atoms with van der Waals surface area (Å²) in [7, 11) is 1.66. The topological polar surface area (TPSA) is 44.5 Å². The summed E-state index contributed by atoms with van der Waals surface area (Å²) in [6.45, 7) is 4.00. The lowest BCUT2D eigenvalue weighted by molar-refractivity contribution is 0.226. The number of hydrogen-bond acceptors (Lipinski definition) is 3. The summed E-state index contributed by atoms with van der Waals surface area (Å²) in [5.74, 6) is 1.69. The lowest BCUT2D eigenvalue weighted by Crippen LogP contribution is -2.05. The first-order valence-electron chi connectivity index (χ1n) is 6.76. The van der Waals surface area contributed by atoms with Crippen molar-refractivity contribution in [1.29, 1.82) is 0 Å². The Morgan fingerprint density at radius 2 is 1.30 bits per heavy atom. The Kier molecular flexibility index (Phi) is 4.64. The van der Waals surface area contributed by atoms with Crippen LogP contribution in [-0.2, 0) is 0 Å². The summed E-state index contributed by atoms with van der Waals surface area (Å²) in [4.78, 5) is 0. The van der Waals surface area contributed by atoms with Crippen molar-refractivity contribution in [2.24, 2.45) is 5.73 Å². The average Bonchev–Trinajstić information content (AvgIpc) is 2.48. The number of rotatable bonds is 5. The fraction of sp³-hybridized carbons (Fsp3) is 0.294. The highest BCUT2D eigenvalue weighted by Crippen LogP contribution is 2.24. The van der Waals surface area contributed by atoms with Crippen LogP contribution in [-0.4, -0.2) is 7.11 Å². The summed E-state index contributed by atoms with van der Waals surface area (Å²) in [6.07, 6.45) is -0.0120. The Bertz CT molecular complexity index is 532. The molecule has 0 aromatic heterocycles. The molecule has 0 radical (unpaired) electrons. The van der Waals surface area contributed by atoms with E-state index < -0.39 is 0 Å². The van der Waals surface area contributed by atoms with E-state index in [0.29, 0.717) is 0 Å². The Morgan fingerprint density at radius 3 is 1.80 bits per heavy atom. The molecule has 2 atom stereocenters. The molecule has 0 aliphatic rings. The Hall–Kier alpha value is -2.00. The van der Waals surface area contributed by atoms with Gasteiger partial charge in [-0.25, -0.2) is 0 Å². The third-order valence-corrected chi connectivity index (χ3v) is 3.30. The van der Waals surface area contributed by atoms with Gasteiger partial charge in [0.15, 0.2) is 0 Å². The minimum atomic E-state index is -0.0120. The van der Waals surface area contributed by atoms with Crippen molar-refractivity contribution in [3.63, 3.8) is 0 Å². The van der Waals surface area contributed by atoms with Gasteiger partial charge in [0.2, 0.25) is 0 Å². The molecule has 0 fully saturated rings. The van der Waals surface area contributed by atoms with Crippen LogP contribution in [0.4, 0.5) is 0 Å². The van der Waals surface area contributed by atoms with Crippen LogP contribution >= 0.6 is 0 Å². The molecule has 0 aliphatic carbocycles. The molecule has 3 nitrogen and oxygen atoms in total. The molecule has 2 N–H and O–H groups in total. The largest absolute Gasteiger partial charge is 0.497 e. The van der Waals surface area contributed by atoms with Gasteiger partial charge in [-0.2, -0.15) is 0 Å². The highest BCUT2D eigenvalue weighted by atomic mass is 16.5. The van der Waals surface area contributed by atoms with E-state index in [1.807, 2.05) is 62.4 Å². The molecule has 106 valence electrons. The van der Waals surface area contributed by atoms with Gasteiger partial charge in [-0.05, 0) is 49.2 Å². The van der Waals surface area contributed by atoms with Crippen LogP contribution in [0.15, 0.2) is 48.5 Å². The lowest BCUT2D eigenvalue weighted by Gasteiger charge is -2.16. The van der Waals surface area contributed by atoms with E-state index in [0.717, 1.165) is 22.6 Å². The molecule has 0 saturated carbocycles. The van der Waals surface area contributed by atoms with Gasteiger partial charge in [0.05, 0.1) is 7.11 Å². The molecule has 2 unspecified atom stereocenters. The number of ether oxygens (including phenoxy) is 2. The third kappa shape index (κ3) is 3.52. The quantitative estimate of drug-likeness (QED) is 0.898. The molecule has 3 heteroatoms. The predicted octanol–water partition coefficient (Wildman–Crippen LogP) is 3.85. The van der Waals surface area contributed by atoms with Crippen LogP contribution in [0.2, 0.25) is 0 Å². The SMILES string of the molecule is COc1ccc(C(C)Oc2ccc(C(C)N)cc2)cc1. The number of benzene rings is 2. The molecule has 2 rings (SSSR count). The van der Waals surface area contributed by atoms with E-state index >= 15 is 0 Å². The van der Waals surface area contributed by atoms with Gasteiger partial charge in [-0.3, -0.25) is 0 Å². The molecule has 0 aliphatic heterocycles. The van der Waals surface area contributed by atoms with Crippen LogP contribution in [0, 0.1) is 0 Å². The summed E-state index contributed by atoms with van der Waals surface area (Å²) in [6, 6.07) is 15.9. The third-order valence-electron chi connectivity index (χ3n) is 3.30. The van der Waals surface area contributed by atoms with Crippen molar-refractivity contribution in [3.05, 3.63) is 59.7 Å². The molecule has 0 spiro atoms. The first-order chi connectivity index (χ1) is 9.60. The van der Waals surface area contributed by atoms with Gasteiger partial charge in [-0.1, -0.05) is 24.3 Å². The van der Waals surface area contributed by atoms with Crippen molar-refractivity contribution in [2.45, 2.75) is 26.0 Å². The maximum absolute atomic E-state index is 5.93. The second-order valence-corrected chi connectivity index (χ2v) is 4.89. The number of methoxy groups -OCH3 is 1. The van der Waals surface area contributed by atoms with E-state index in [2.05, 4.69) is 0 Å². The fourth-order valence-electron chi connectivity index (χ4n) is 2.00. The summed E-state index contributed by atoms with van der Waals surface area (Å²) < 4.78 is 11.1. The summed E-state index contributed by atoms with van der Waals surface area (Å²) in [5.41, 5.74) is 8.05. The first kappa shape index (κ1) is 14.4. The summed E-state index contributed by atoms with van der Waals surface area (Å²) in [5, 5.41) is 0. The molecule has 0 saturated heterocycles. The monoisotopic (exact) mass is 271 g/mol. The predicted molar refractivity (Wildman–Crippen MR) is 81.1 cm³/mol. The van der Waals surface area contributed by atoms with Crippen molar-refractivity contribution in [2.75, 3.05) is 7.11 Å². The van der Waals surface area contributed by atoms with E-state index in [1.54, 1.807) is 7.11 Å². The number of hydrogen-bond donors (Lipinski definition) is 1. The minimum absolute atomic E-state index is 0.0120. The van der Waals surface area contributed by atoms with Crippen molar-refractivity contribution in [1.82, 2.24) is 0 Å². The maximum atomic E-state index is 5.93. The van der Waals surface area contributed by atoms with E-state index in [9.17, 15) is 0 Å². The Balaban J connectivity index is 2.04. The molecule has 2 aromatic carbocycles. The highest BCUT2D eigenvalue weighted by Gasteiger charge is 2.08. The molecule has 20 heavy (non-hydrogen) atoms. The zero-order valence-electron chi connectivity index (χ0n) is 12.2. The maximum Gasteiger partial charge on any atom is 0.121 e. The highest BCUT2D eigenvalue weighted by molar-refractivity contribution is 5.31. The Morgan fingerprint density at radius 1 is 0.800 bits per heavy atom. The lowest BCUT2D eigenvalue weighted by atomic mass is 10.1. The molecular formula is C17H21NO2. The van der Waals surface area contributed by atoms with Gasteiger partial charge < -0.3 is 15.2 Å². The summed E-state index contributed by atoms with van der Waals surface area (Å²) >= 11 is 0. The van der Waals surface area contributed by atoms with E-state index in [1.165, 1.54) is 0 Å². The molecule has 0 amide bonds. The number of nitrogens with two attached hydrogens (primary N) is 1. The average molecular weight is 271 g/mol. The second-order valence-electron chi connectivity index (χ2n) is 4.89. The van der Waals surface area contributed by atoms with Crippen molar-refractivity contribution in [3.8, 4) is 11.5 Å². The smallest absolute Gasteiger partial charge is 0.121 e. The van der Waals surface area contributed by atoms with Crippen LogP contribution < -0.4 is 15.2 Å². The van der Waals surface area contributed by atoms with Crippen LogP contribution in [0.25, 0.3) is 0 Å². The van der Waals surface area contributed by atoms with Gasteiger partial charge in [0.25, 0.3) is 0 Å². The fourth-order valence-corrected chi connectivity index (χ4v) is 2.00. The molecule has 0 bridgehead atoms. The zero-order chi connectivity index (χ0) is 14.5. The molecular weight excluding hydrogens is 250 g/mol. The van der Waals surface area contributed by atoms with Crippen LogP contribution in [0.3, 0.4) is 0 Å². The first-order valence-corrected chi connectivity index (χ1v) is 6.76. The van der Waals surface area contributed by atoms with Gasteiger partial charge in [0.1, 0.15) is 17.6 Å². The van der Waals surface area contributed by atoms with Crippen LogP contribution in [0.5, 0.6) is 11.5 Å². The van der Waals surface area contributed by atoms with Crippen LogP contribution in [0.1, 0.15) is 37.1 Å². The minimum Gasteiger partial charge on any atom is -0.497 e. The zero-order valence-corrected chi connectivity index (χ0v) is 12.2. The van der Waals surface area contributed by atoms with Crippen molar-refractivity contribution >= 4 is 0 Å². The second kappa shape index (κ2) is 6.44. The van der Waals surface area contributed by atoms with E-state index in [4.69, 9.17) is 15.2 Å². The van der Waals surface area contributed by atoms with Gasteiger partial charge in [0, 0.05) is 6.04 Å². The van der Waals surface area contributed by atoms with Gasteiger partial charge in [-0.15, -0.1) is 0 Å². The standard InChI is InChI=1S/C17H21NO2/c1-12(18)14-4-10-17(11-5-14)20-13(2)15-6-8-16(19-3)9-7-15/h4-13H,18H2,1-3H3. The van der Waals surface area contributed by atoms with E-state index in [-0.39, 0.29) is 12.1 Å². The Labute approximate surface area is 120 Å². The molecule has 2 aromatic rings. The normalized spacial score (nSPS) is 13.6.